The first-order chi connectivity index (χ1) is 11.8. The van der Waals surface area contributed by atoms with E-state index in [1.807, 2.05) is 30.6 Å². The summed E-state index contributed by atoms with van der Waals surface area (Å²) in [5, 5.41) is 8.34. The lowest BCUT2D eigenvalue weighted by atomic mass is 9.90. The Morgan fingerprint density at radius 1 is 1.21 bits per heavy atom. The molecule has 0 radical (unpaired) electrons. The lowest BCUT2D eigenvalue weighted by Crippen LogP contribution is -2.08. The molecule has 7 nitrogen and oxygen atoms in total. The van der Waals surface area contributed by atoms with Gasteiger partial charge >= 0.3 is 6.01 Å². The number of para-hydroxylation sites is 1. The van der Waals surface area contributed by atoms with Gasteiger partial charge in [0.1, 0.15) is 0 Å². The average Bonchev–Trinajstić information content (AvgIpc) is 3.31. The molecule has 1 atom stereocenters. The number of fused-ring (bicyclic) bond motifs is 1. The van der Waals surface area contributed by atoms with E-state index in [9.17, 15) is 0 Å². The third kappa shape index (κ3) is 2.60. The first-order valence-electron chi connectivity index (χ1n) is 7.61. The van der Waals surface area contributed by atoms with E-state index < -0.39 is 0 Å². The van der Waals surface area contributed by atoms with E-state index in [1.54, 1.807) is 19.6 Å². The van der Waals surface area contributed by atoms with E-state index in [0.29, 0.717) is 12.4 Å². The summed E-state index contributed by atoms with van der Waals surface area (Å²) < 4.78 is 5.13. The van der Waals surface area contributed by atoms with Crippen molar-refractivity contribution in [2.24, 2.45) is 0 Å². The van der Waals surface area contributed by atoms with Crippen molar-refractivity contribution in [3.8, 4) is 6.01 Å². The minimum Gasteiger partial charge on any atom is -0.467 e. The molecule has 2 N–H and O–H groups in total. The van der Waals surface area contributed by atoms with Gasteiger partial charge in [-0.1, -0.05) is 18.2 Å². The third-order valence-corrected chi connectivity index (χ3v) is 4.07. The van der Waals surface area contributed by atoms with E-state index in [4.69, 9.17) is 4.74 Å². The highest BCUT2D eigenvalue weighted by Gasteiger charge is 2.20. The van der Waals surface area contributed by atoms with Crippen LogP contribution in [0.4, 0.5) is 0 Å². The fraction of sp³-hybridized carbons (Fsp3) is 0.176. The lowest BCUT2D eigenvalue weighted by molar-refractivity contribution is 0.377. The fourth-order valence-electron chi connectivity index (χ4n) is 2.92. The van der Waals surface area contributed by atoms with Crippen molar-refractivity contribution in [1.82, 2.24) is 30.1 Å². The van der Waals surface area contributed by atoms with Crippen molar-refractivity contribution in [2.45, 2.75) is 12.3 Å². The van der Waals surface area contributed by atoms with E-state index >= 15 is 0 Å². The van der Waals surface area contributed by atoms with Crippen molar-refractivity contribution in [1.29, 1.82) is 0 Å². The lowest BCUT2D eigenvalue weighted by Gasteiger charge is -2.16. The second kappa shape index (κ2) is 6.11. The number of H-pyrrole nitrogens is 2. The predicted molar refractivity (Wildman–Crippen MR) is 88.8 cm³/mol. The van der Waals surface area contributed by atoms with E-state index in [0.717, 1.165) is 27.9 Å². The molecule has 3 heterocycles. The Kier molecular flexibility index (Phi) is 3.66. The zero-order valence-corrected chi connectivity index (χ0v) is 13.1. The van der Waals surface area contributed by atoms with Crippen LogP contribution in [0.15, 0.2) is 49.2 Å². The number of ether oxygens (including phenoxy) is 1. The molecule has 120 valence electrons. The van der Waals surface area contributed by atoms with Gasteiger partial charge in [-0.2, -0.15) is 5.10 Å². The summed E-state index contributed by atoms with van der Waals surface area (Å²) in [4.78, 5) is 15.9. The number of benzene rings is 1. The van der Waals surface area contributed by atoms with Gasteiger partial charge < -0.3 is 9.72 Å². The molecule has 7 heteroatoms. The number of aromatic amines is 2. The maximum Gasteiger partial charge on any atom is 0.316 e. The first-order valence-corrected chi connectivity index (χ1v) is 7.61. The van der Waals surface area contributed by atoms with Gasteiger partial charge in [-0.3, -0.25) is 5.10 Å². The third-order valence-electron chi connectivity index (χ3n) is 4.07. The molecular formula is C17H16N6O. The van der Waals surface area contributed by atoms with E-state index in [2.05, 4.69) is 36.2 Å². The quantitative estimate of drug-likeness (QED) is 0.589. The minimum atomic E-state index is 0.0660. The first kappa shape index (κ1) is 14.4. The van der Waals surface area contributed by atoms with Crippen LogP contribution in [0.1, 0.15) is 22.9 Å². The Bertz CT molecular complexity index is 947. The minimum absolute atomic E-state index is 0.0660. The number of nitrogens with one attached hydrogen (secondary N) is 2. The number of hydrogen-bond donors (Lipinski definition) is 2. The zero-order chi connectivity index (χ0) is 16.4. The summed E-state index contributed by atoms with van der Waals surface area (Å²) in [7, 11) is 1.57. The normalized spacial score (nSPS) is 12.4. The van der Waals surface area contributed by atoms with E-state index in [1.165, 1.54) is 0 Å². The molecule has 4 aromatic rings. The van der Waals surface area contributed by atoms with Gasteiger partial charge in [-0.05, 0) is 11.6 Å². The molecule has 0 saturated heterocycles. The Balaban J connectivity index is 1.79. The molecule has 3 aromatic heterocycles. The van der Waals surface area contributed by atoms with Gasteiger partial charge in [0.2, 0.25) is 0 Å². The van der Waals surface area contributed by atoms with Gasteiger partial charge in [-0.15, -0.1) is 0 Å². The van der Waals surface area contributed by atoms with Crippen molar-refractivity contribution in [3.63, 3.8) is 0 Å². The average molecular weight is 320 g/mol. The smallest absolute Gasteiger partial charge is 0.316 e. The molecule has 1 unspecified atom stereocenters. The van der Waals surface area contributed by atoms with Crippen molar-refractivity contribution < 1.29 is 4.74 Å². The Morgan fingerprint density at radius 2 is 2.17 bits per heavy atom. The number of aromatic nitrogens is 6. The second-order valence-corrected chi connectivity index (χ2v) is 5.48. The summed E-state index contributed by atoms with van der Waals surface area (Å²) in [6.07, 6.45) is 7.77. The van der Waals surface area contributed by atoms with Gasteiger partial charge in [-0.25, -0.2) is 15.0 Å². The molecular weight excluding hydrogens is 304 g/mol. The van der Waals surface area contributed by atoms with Crippen LogP contribution in [0.25, 0.3) is 10.9 Å². The maximum atomic E-state index is 5.13. The Hall–Kier alpha value is -3.22. The fourth-order valence-corrected chi connectivity index (χ4v) is 2.92. The molecule has 1 aromatic carbocycles. The van der Waals surface area contributed by atoms with Crippen LogP contribution in [-0.4, -0.2) is 37.2 Å². The molecule has 0 bridgehead atoms. The van der Waals surface area contributed by atoms with Crippen LogP contribution in [0.5, 0.6) is 6.01 Å². The number of imidazole rings is 1. The summed E-state index contributed by atoms with van der Waals surface area (Å²) in [6, 6.07) is 8.45. The molecule has 0 aliphatic heterocycles. The molecule has 0 fully saturated rings. The number of hydrogen-bond acceptors (Lipinski definition) is 5. The number of rotatable bonds is 5. The SMILES string of the molecule is COc1nccc(CC(c2cnc[nH]2)c2cccc3cn[nH]c23)n1. The van der Waals surface area contributed by atoms with Crippen LogP contribution in [-0.2, 0) is 6.42 Å². The standard InChI is InChI=1S/C17H16N6O/c1-24-17-19-6-5-12(22-17)7-14(15-9-18-10-20-15)13-4-2-3-11-8-21-23-16(11)13/h2-6,8-10,14H,7H2,1H3,(H,18,20)(H,21,23). The van der Waals surface area contributed by atoms with Gasteiger partial charge in [0, 0.05) is 41.5 Å². The number of nitrogens with zero attached hydrogens (tertiary/aromatic N) is 4. The monoisotopic (exact) mass is 320 g/mol. The van der Waals surface area contributed by atoms with Crippen molar-refractivity contribution in [3.05, 3.63) is 66.1 Å². The van der Waals surface area contributed by atoms with Crippen molar-refractivity contribution in [2.75, 3.05) is 7.11 Å². The molecule has 0 amide bonds. The Labute approximate surface area is 138 Å². The molecule has 4 rings (SSSR count). The summed E-state index contributed by atoms with van der Waals surface area (Å²) >= 11 is 0. The Morgan fingerprint density at radius 3 is 3.00 bits per heavy atom. The van der Waals surface area contributed by atoms with Crippen LogP contribution in [0.3, 0.4) is 0 Å². The van der Waals surface area contributed by atoms with Crippen molar-refractivity contribution >= 4 is 10.9 Å². The topological polar surface area (TPSA) is 92.4 Å². The largest absolute Gasteiger partial charge is 0.467 e. The van der Waals surface area contributed by atoms with Gasteiger partial charge in [0.15, 0.2) is 0 Å². The highest BCUT2D eigenvalue weighted by atomic mass is 16.5. The van der Waals surface area contributed by atoms with Gasteiger partial charge in [0.05, 0.1) is 25.2 Å². The maximum absolute atomic E-state index is 5.13. The van der Waals surface area contributed by atoms with Crippen LogP contribution in [0, 0.1) is 0 Å². The molecule has 0 aliphatic rings. The predicted octanol–water partition coefficient (Wildman–Crippen LogP) is 2.46. The van der Waals surface area contributed by atoms with E-state index in [-0.39, 0.29) is 5.92 Å². The molecule has 0 spiro atoms. The summed E-state index contributed by atoms with van der Waals surface area (Å²) in [5.74, 6) is 0.0660. The highest BCUT2D eigenvalue weighted by molar-refractivity contribution is 5.82. The van der Waals surface area contributed by atoms with Crippen LogP contribution < -0.4 is 4.74 Å². The molecule has 24 heavy (non-hydrogen) atoms. The van der Waals surface area contributed by atoms with Gasteiger partial charge in [0.25, 0.3) is 0 Å². The van der Waals surface area contributed by atoms with Crippen LogP contribution in [0.2, 0.25) is 0 Å². The summed E-state index contributed by atoms with van der Waals surface area (Å²) in [5.41, 5.74) is 4.09. The van der Waals surface area contributed by atoms with Crippen LogP contribution >= 0.6 is 0 Å². The number of methoxy groups -OCH3 is 1. The zero-order valence-electron chi connectivity index (χ0n) is 13.1. The summed E-state index contributed by atoms with van der Waals surface area (Å²) in [6.45, 7) is 0. The second-order valence-electron chi connectivity index (χ2n) is 5.48. The molecule has 0 saturated carbocycles. The molecule has 0 aliphatic carbocycles. The highest BCUT2D eigenvalue weighted by Crippen LogP contribution is 2.31.